The van der Waals surface area contributed by atoms with Crippen LogP contribution >= 0.6 is 0 Å². The third kappa shape index (κ3) is 31.6. The molecule has 0 atom stereocenters. The van der Waals surface area contributed by atoms with Gasteiger partial charge in [-0.25, -0.2) is 8.42 Å². The van der Waals surface area contributed by atoms with E-state index in [1.165, 1.54) is 107 Å². The number of unbranched alkanes of at least 4 members (excludes halogenated alkanes) is 13. The Hall–Kier alpha value is -0.170. The first-order valence-electron chi connectivity index (χ1n) is 10.6. The molecule has 0 spiro atoms. The van der Waals surface area contributed by atoms with E-state index >= 15 is 0 Å². The number of hydrogen-bond acceptors (Lipinski definition) is 3. The quantitative estimate of drug-likeness (QED) is 0.160. The van der Waals surface area contributed by atoms with Gasteiger partial charge in [0.1, 0.15) is 0 Å². The van der Waals surface area contributed by atoms with Crippen molar-refractivity contribution in [2.75, 3.05) is 27.2 Å². The van der Waals surface area contributed by atoms with Gasteiger partial charge >= 0.3 is 0 Å². The van der Waals surface area contributed by atoms with Crippen molar-refractivity contribution >= 4 is 10.4 Å². The molecular formula is C20H45NO4S. The molecule has 0 saturated carbocycles. The van der Waals surface area contributed by atoms with Gasteiger partial charge in [-0.1, -0.05) is 84.0 Å². The van der Waals surface area contributed by atoms with E-state index in [1.807, 2.05) is 0 Å². The molecule has 0 saturated heterocycles. The van der Waals surface area contributed by atoms with E-state index in [1.54, 1.807) is 0 Å². The molecule has 0 radical (unpaired) electrons. The van der Waals surface area contributed by atoms with Crippen LogP contribution < -0.4 is 0 Å². The lowest BCUT2D eigenvalue weighted by Gasteiger charge is -2.28. The number of hydrogen-bond donors (Lipinski definition) is 1. The van der Waals surface area contributed by atoms with Crippen LogP contribution in [0.3, 0.4) is 0 Å². The van der Waals surface area contributed by atoms with E-state index in [-0.39, 0.29) is 0 Å². The number of quaternary nitrogens is 1. The van der Waals surface area contributed by atoms with E-state index in [2.05, 4.69) is 27.9 Å². The van der Waals surface area contributed by atoms with E-state index in [0.717, 1.165) is 0 Å². The minimum absolute atomic E-state index is 1.19. The maximum Gasteiger partial charge on any atom is 0.215 e. The molecule has 0 unspecified atom stereocenters. The van der Waals surface area contributed by atoms with Crippen molar-refractivity contribution in [3.8, 4) is 0 Å². The summed E-state index contributed by atoms with van der Waals surface area (Å²) < 4.78 is 34.0. The molecule has 0 aliphatic rings. The fourth-order valence-electron chi connectivity index (χ4n) is 2.89. The maximum absolute atomic E-state index is 8.63. The Kier molecular flexibility index (Phi) is 19.6. The Morgan fingerprint density at radius 2 is 0.962 bits per heavy atom. The average molecular weight is 396 g/mol. The molecule has 0 amide bonds. The highest BCUT2D eigenvalue weighted by molar-refractivity contribution is 7.79. The molecule has 5 nitrogen and oxygen atoms in total. The summed E-state index contributed by atoms with van der Waals surface area (Å²) in [5.74, 6) is 0. The molecule has 0 aliphatic heterocycles. The summed E-state index contributed by atoms with van der Waals surface area (Å²) in [7, 11) is -0.218. The monoisotopic (exact) mass is 395 g/mol. The Bertz CT molecular complexity index is 375. The second kappa shape index (κ2) is 18.2. The highest BCUT2D eigenvalue weighted by Crippen LogP contribution is 2.13. The predicted octanol–water partition coefficient (Wildman–Crippen LogP) is 5.57. The van der Waals surface area contributed by atoms with Crippen LogP contribution in [0.15, 0.2) is 0 Å². The van der Waals surface area contributed by atoms with E-state index in [0.29, 0.717) is 0 Å². The van der Waals surface area contributed by atoms with Crippen LogP contribution in [0.5, 0.6) is 0 Å². The molecule has 0 aromatic rings. The summed E-state index contributed by atoms with van der Waals surface area (Å²) in [5.41, 5.74) is 0. The van der Waals surface area contributed by atoms with Crippen LogP contribution in [0.25, 0.3) is 0 Å². The van der Waals surface area contributed by atoms with Crippen molar-refractivity contribution in [1.82, 2.24) is 0 Å². The van der Waals surface area contributed by atoms with Gasteiger partial charge < -0.3 is 9.04 Å². The minimum Gasteiger partial charge on any atom is -0.726 e. The van der Waals surface area contributed by atoms with Crippen molar-refractivity contribution in [1.29, 1.82) is 0 Å². The number of rotatable bonds is 16. The molecule has 0 rings (SSSR count). The van der Waals surface area contributed by atoms with Gasteiger partial charge in [0, 0.05) is 0 Å². The molecule has 0 aliphatic carbocycles. The largest absolute Gasteiger partial charge is 0.726 e. The molecule has 1 N–H and O–H groups in total. The summed E-state index contributed by atoms with van der Waals surface area (Å²) in [5, 5.41) is 0. The van der Waals surface area contributed by atoms with Crippen molar-refractivity contribution in [2.24, 2.45) is 0 Å². The highest BCUT2D eigenvalue weighted by Gasteiger charge is 2.09. The first kappa shape index (κ1) is 28.0. The summed E-state index contributed by atoms with van der Waals surface area (Å²) in [6, 6.07) is 0. The highest BCUT2D eigenvalue weighted by atomic mass is 32.3. The Morgan fingerprint density at radius 3 is 1.23 bits per heavy atom. The van der Waals surface area contributed by atoms with Gasteiger partial charge in [0.2, 0.25) is 10.4 Å². The molecule has 0 aromatic heterocycles. The van der Waals surface area contributed by atoms with Crippen LogP contribution in [-0.4, -0.2) is 49.2 Å². The zero-order chi connectivity index (χ0) is 20.3. The summed E-state index contributed by atoms with van der Waals surface area (Å²) >= 11 is 0. The maximum atomic E-state index is 8.63. The van der Waals surface area contributed by atoms with E-state index < -0.39 is 10.4 Å². The van der Waals surface area contributed by atoms with E-state index in [4.69, 9.17) is 17.5 Å². The lowest BCUT2D eigenvalue weighted by molar-refractivity contribution is -0.888. The van der Waals surface area contributed by atoms with Crippen molar-refractivity contribution in [3.63, 3.8) is 0 Å². The third-order valence-electron chi connectivity index (χ3n) is 4.97. The third-order valence-corrected chi connectivity index (χ3v) is 4.97. The SMILES string of the molecule is CCCCCCCCCCCCCCCC[N+](C)(C)CC.O=S(=O)([O-])O. The second-order valence-corrected chi connectivity index (χ2v) is 8.85. The topological polar surface area (TPSA) is 77.4 Å². The molecular weight excluding hydrogens is 350 g/mol. The lowest BCUT2D eigenvalue weighted by atomic mass is 10.0. The smallest absolute Gasteiger partial charge is 0.215 e. The van der Waals surface area contributed by atoms with E-state index in [9.17, 15) is 0 Å². The van der Waals surface area contributed by atoms with Crippen molar-refractivity contribution in [2.45, 2.75) is 104 Å². The van der Waals surface area contributed by atoms with Crippen molar-refractivity contribution in [3.05, 3.63) is 0 Å². The van der Waals surface area contributed by atoms with Gasteiger partial charge in [0.25, 0.3) is 0 Å². The fraction of sp³-hybridized carbons (Fsp3) is 1.00. The first-order chi connectivity index (χ1) is 12.1. The van der Waals surface area contributed by atoms with Gasteiger partial charge in [-0.3, -0.25) is 4.55 Å². The van der Waals surface area contributed by atoms with Gasteiger partial charge in [0.15, 0.2) is 0 Å². The molecule has 160 valence electrons. The predicted molar refractivity (Wildman–Crippen MR) is 110 cm³/mol. The van der Waals surface area contributed by atoms with Crippen LogP contribution in [0.1, 0.15) is 104 Å². The number of nitrogens with zero attached hydrogens (tertiary/aromatic N) is 1. The fourth-order valence-corrected chi connectivity index (χ4v) is 2.89. The van der Waals surface area contributed by atoms with Crippen LogP contribution in [0.4, 0.5) is 0 Å². The Balaban J connectivity index is 0. The zero-order valence-electron chi connectivity index (χ0n) is 17.8. The van der Waals surface area contributed by atoms with Crippen LogP contribution in [0.2, 0.25) is 0 Å². The molecule has 0 fully saturated rings. The Morgan fingerprint density at radius 1 is 0.692 bits per heavy atom. The van der Waals surface area contributed by atoms with Gasteiger partial charge in [-0.2, -0.15) is 0 Å². The molecule has 6 heteroatoms. The normalized spacial score (nSPS) is 11.9. The molecule has 0 heterocycles. The second-order valence-electron chi connectivity index (χ2n) is 8.00. The lowest BCUT2D eigenvalue weighted by Crippen LogP contribution is -2.39. The van der Waals surface area contributed by atoms with Gasteiger partial charge in [0.05, 0.1) is 27.2 Å². The van der Waals surface area contributed by atoms with Crippen LogP contribution in [0, 0.1) is 0 Å². The zero-order valence-corrected chi connectivity index (χ0v) is 18.7. The molecule has 0 aromatic carbocycles. The molecule has 0 bridgehead atoms. The van der Waals surface area contributed by atoms with Crippen LogP contribution in [-0.2, 0) is 10.4 Å². The summed E-state index contributed by atoms with van der Waals surface area (Å²) in [6.45, 7) is 7.21. The Labute approximate surface area is 163 Å². The van der Waals surface area contributed by atoms with Gasteiger partial charge in [-0.15, -0.1) is 0 Å². The molecule has 26 heavy (non-hydrogen) atoms. The minimum atomic E-state index is -4.92. The summed E-state index contributed by atoms with van der Waals surface area (Å²) in [6.07, 6.45) is 20.4. The first-order valence-corrected chi connectivity index (χ1v) is 12.0. The van der Waals surface area contributed by atoms with Crippen molar-refractivity contribution < 1.29 is 22.0 Å². The average Bonchev–Trinajstić information content (AvgIpc) is 2.53. The summed E-state index contributed by atoms with van der Waals surface area (Å²) in [4.78, 5) is 0. The standard InChI is InChI=1S/C20H44N.H2O4S/c1-5-7-8-9-10-11-12-13-14-15-16-17-18-19-20-21(3,4)6-2;1-5(2,3)4/h5-20H2,1-4H3;(H2,1,2,3,4)/q+1;/p-1. The van der Waals surface area contributed by atoms with Gasteiger partial charge in [-0.05, 0) is 19.8 Å².